The average molecular weight is 727 g/mol. The normalized spacial score (nSPS) is 13.2. The van der Waals surface area contributed by atoms with Gasteiger partial charge in [-0.1, -0.05) is 97.8 Å². The first-order valence-corrected chi connectivity index (χ1v) is 19.9. The van der Waals surface area contributed by atoms with Gasteiger partial charge in [-0.25, -0.2) is 4.39 Å². The maximum atomic E-state index is 14.2. The van der Waals surface area contributed by atoms with Crippen molar-refractivity contribution >= 4 is 40.2 Å². The SMILES string of the molecule is CCCCCCCCCCCCCCCC(=O)C[C@@H](Cc1c[nH]c2ccc(F)cc12)C(=O)N[C@@H](CCCN=C(N)N)C(=O)C[C@@H](CC(C)C)C(N)=O. The highest BCUT2D eigenvalue weighted by atomic mass is 19.1. The Balaban J connectivity index is 2.07. The molecule has 0 saturated heterocycles. The van der Waals surface area contributed by atoms with E-state index in [4.69, 9.17) is 17.2 Å². The number of primary amides is 1. The number of ketones is 2. The fourth-order valence-electron chi connectivity index (χ4n) is 6.92. The molecule has 0 aliphatic heterocycles. The number of H-pyrrole nitrogens is 1. The van der Waals surface area contributed by atoms with Gasteiger partial charge < -0.3 is 27.5 Å². The van der Waals surface area contributed by atoms with Gasteiger partial charge in [-0.05, 0) is 61.8 Å². The number of aromatic nitrogens is 1. The molecule has 0 saturated carbocycles. The molecule has 1 heterocycles. The summed E-state index contributed by atoms with van der Waals surface area (Å²) in [5.41, 5.74) is 18.0. The van der Waals surface area contributed by atoms with Gasteiger partial charge in [-0.15, -0.1) is 0 Å². The second kappa shape index (κ2) is 25.3. The Labute approximate surface area is 311 Å². The van der Waals surface area contributed by atoms with Crippen LogP contribution in [-0.2, 0) is 25.6 Å². The van der Waals surface area contributed by atoms with E-state index < -0.39 is 35.5 Å². The highest BCUT2D eigenvalue weighted by Crippen LogP contribution is 2.25. The molecule has 52 heavy (non-hydrogen) atoms. The first-order valence-electron chi connectivity index (χ1n) is 19.9. The van der Waals surface area contributed by atoms with Gasteiger partial charge in [-0.3, -0.25) is 24.2 Å². The first kappa shape index (κ1) is 44.4. The monoisotopic (exact) mass is 727 g/mol. The Morgan fingerprint density at radius 2 is 1.44 bits per heavy atom. The van der Waals surface area contributed by atoms with Gasteiger partial charge in [0.15, 0.2) is 11.7 Å². The van der Waals surface area contributed by atoms with Gasteiger partial charge in [0.25, 0.3) is 0 Å². The van der Waals surface area contributed by atoms with Crippen LogP contribution in [0.15, 0.2) is 29.4 Å². The number of Topliss-reactive ketones (excluding diaryl/α,β-unsaturated/α-hetero) is 2. The fraction of sp³-hybridized carbons (Fsp3) is 0.683. The standard InChI is InChI=1S/C41H67FN6O4/c1-4-5-6-7-8-9-10-11-12-13-14-15-16-18-34(49)25-31(24-32-28-47-36-21-20-33(42)27-35(32)36)40(52)48-37(19-17-22-46-41(44)45)38(50)26-30(39(43)51)23-29(2)3/h20-21,27-31,37,47H,4-19,22-26H2,1-3H3,(H2,43,51)(H,48,52)(H4,44,45,46)/t30-,31-,37+/m1/s1. The van der Waals surface area contributed by atoms with E-state index in [0.29, 0.717) is 30.2 Å². The molecule has 0 aliphatic carbocycles. The third-order valence-corrected chi connectivity index (χ3v) is 9.86. The van der Waals surface area contributed by atoms with Crippen LogP contribution in [0.1, 0.15) is 148 Å². The van der Waals surface area contributed by atoms with Crippen molar-refractivity contribution in [2.45, 2.75) is 155 Å². The number of nitrogens with two attached hydrogens (primary N) is 3. The van der Waals surface area contributed by atoms with Crippen LogP contribution in [0.5, 0.6) is 0 Å². The Morgan fingerprint density at radius 3 is 2.02 bits per heavy atom. The number of nitrogens with one attached hydrogen (secondary N) is 2. The predicted molar refractivity (Wildman–Crippen MR) is 209 cm³/mol. The number of unbranched alkanes of at least 4 members (excludes halogenated alkanes) is 12. The van der Waals surface area contributed by atoms with Gasteiger partial charge >= 0.3 is 0 Å². The summed E-state index contributed by atoms with van der Waals surface area (Å²) in [6, 6.07) is 3.50. The Kier molecular flexibility index (Phi) is 21.6. The molecule has 0 radical (unpaired) electrons. The molecule has 0 fully saturated rings. The lowest BCUT2D eigenvalue weighted by Crippen LogP contribution is -2.45. The molecule has 0 unspecified atom stereocenters. The zero-order chi connectivity index (χ0) is 38.3. The molecule has 3 atom stereocenters. The highest BCUT2D eigenvalue weighted by molar-refractivity contribution is 5.94. The van der Waals surface area contributed by atoms with Crippen molar-refractivity contribution in [1.29, 1.82) is 0 Å². The van der Waals surface area contributed by atoms with Crippen molar-refractivity contribution in [1.82, 2.24) is 10.3 Å². The molecule has 1 aromatic heterocycles. The van der Waals surface area contributed by atoms with Crippen molar-refractivity contribution in [3.63, 3.8) is 0 Å². The summed E-state index contributed by atoms with van der Waals surface area (Å²) in [6.45, 7) is 6.40. The largest absolute Gasteiger partial charge is 0.370 e. The molecule has 2 amide bonds. The van der Waals surface area contributed by atoms with Gasteiger partial charge in [0.05, 0.1) is 6.04 Å². The maximum Gasteiger partial charge on any atom is 0.224 e. The molecular weight excluding hydrogens is 659 g/mol. The zero-order valence-corrected chi connectivity index (χ0v) is 32.2. The number of aromatic amines is 1. The maximum absolute atomic E-state index is 14.2. The zero-order valence-electron chi connectivity index (χ0n) is 32.2. The van der Waals surface area contributed by atoms with Crippen LogP contribution < -0.4 is 22.5 Å². The summed E-state index contributed by atoms with van der Waals surface area (Å²) < 4.78 is 14.2. The number of halogens is 1. The molecule has 0 aliphatic rings. The van der Waals surface area contributed by atoms with Gasteiger partial charge in [0, 0.05) is 54.7 Å². The summed E-state index contributed by atoms with van der Waals surface area (Å²) in [7, 11) is 0. The van der Waals surface area contributed by atoms with Crippen LogP contribution in [0.2, 0.25) is 0 Å². The minimum Gasteiger partial charge on any atom is -0.370 e. The summed E-state index contributed by atoms with van der Waals surface area (Å²) in [5, 5.41) is 3.55. The first-order chi connectivity index (χ1) is 24.9. The number of amides is 2. The summed E-state index contributed by atoms with van der Waals surface area (Å²) in [4.78, 5) is 60.2. The fourth-order valence-corrected chi connectivity index (χ4v) is 6.92. The number of hydrogen-bond donors (Lipinski definition) is 5. The van der Waals surface area contributed by atoms with E-state index in [2.05, 4.69) is 22.2 Å². The second-order valence-electron chi connectivity index (χ2n) is 15.0. The van der Waals surface area contributed by atoms with E-state index in [9.17, 15) is 23.6 Å². The lowest BCUT2D eigenvalue weighted by atomic mass is 9.88. The van der Waals surface area contributed by atoms with Crippen molar-refractivity contribution in [3.05, 3.63) is 35.8 Å². The molecular formula is C41H67FN6O4. The third kappa shape index (κ3) is 18.1. The molecule has 1 aromatic carbocycles. The van der Waals surface area contributed by atoms with E-state index in [1.807, 2.05) is 13.8 Å². The lowest BCUT2D eigenvalue weighted by Gasteiger charge is -2.24. The number of rotatable bonds is 30. The van der Waals surface area contributed by atoms with Crippen molar-refractivity contribution in [2.75, 3.05) is 6.54 Å². The number of guanidine groups is 1. The predicted octanol–water partition coefficient (Wildman–Crippen LogP) is 7.55. The second-order valence-corrected chi connectivity index (χ2v) is 15.0. The van der Waals surface area contributed by atoms with Crippen LogP contribution in [0.4, 0.5) is 4.39 Å². The Hall–Kier alpha value is -3.76. The quantitative estimate of drug-likeness (QED) is 0.0314. The van der Waals surface area contributed by atoms with E-state index in [0.717, 1.165) is 24.8 Å². The van der Waals surface area contributed by atoms with Gasteiger partial charge in [0.1, 0.15) is 11.6 Å². The van der Waals surface area contributed by atoms with Crippen LogP contribution in [0, 0.1) is 23.6 Å². The molecule has 292 valence electrons. The van der Waals surface area contributed by atoms with Crippen LogP contribution in [0.25, 0.3) is 10.9 Å². The molecule has 0 bridgehead atoms. The topological polar surface area (TPSA) is 187 Å². The number of hydrogen-bond acceptors (Lipinski definition) is 5. The molecule has 0 spiro atoms. The summed E-state index contributed by atoms with van der Waals surface area (Å²) in [6.07, 6.45) is 19.0. The number of fused-ring (bicyclic) bond motifs is 1. The van der Waals surface area contributed by atoms with E-state index in [1.54, 1.807) is 12.3 Å². The van der Waals surface area contributed by atoms with Gasteiger partial charge in [-0.2, -0.15) is 0 Å². The molecule has 10 nitrogen and oxygen atoms in total. The molecule has 8 N–H and O–H groups in total. The van der Waals surface area contributed by atoms with Gasteiger partial charge in [0.2, 0.25) is 11.8 Å². The Morgan fingerprint density at radius 1 is 0.827 bits per heavy atom. The number of benzene rings is 1. The van der Waals surface area contributed by atoms with E-state index in [-0.39, 0.29) is 55.7 Å². The number of nitrogens with zero attached hydrogens (tertiary/aromatic N) is 1. The average Bonchev–Trinajstić information content (AvgIpc) is 3.48. The van der Waals surface area contributed by atoms with E-state index in [1.165, 1.54) is 76.3 Å². The molecule has 2 aromatic rings. The van der Waals surface area contributed by atoms with Crippen LogP contribution >= 0.6 is 0 Å². The summed E-state index contributed by atoms with van der Waals surface area (Å²) >= 11 is 0. The van der Waals surface area contributed by atoms with Crippen LogP contribution in [0.3, 0.4) is 0 Å². The smallest absolute Gasteiger partial charge is 0.224 e. The minimum absolute atomic E-state index is 0.00174. The number of aliphatic imine (C=N–C) groups is 1. The van der Waals surface area contributed by atoms with Crippen molar-refractivity contribution in [3.8, 4) is 0 Å². The highest BCUT2D eigenvalue weighted by Gasteiger charge is 2.30. The molecule has 11 heteroatoms. The lowest BCUT2D eigenvalue weighted by molar-refractivity contribution is -0.133. The van der Waals surface area contributed by atoms with Crippen molar-refractivity contribution < 1.29 is 23.6 Å². The van der Waals surface area contributed by atoms with Crippen LogP contribution in [-0.4, -0.2) is 46.9 Å². The van der Waals surface area contributed by atoms with Crippen molar-refractivity contribution in [2.24, 2.45) is 39.9 Å². The molecule has 2 rings (SSSR count). The Bertz CT molecular complexity index is 1400. The number of carbonyl (C=O) groups excluding carboxylic acids is 4. The third-order valence-electron chi connectivity index (χ3n) is 9.86. The summed E-state index contributed by atoms with van der Waals surface area (Å²) in [5.74, 6) is -3.11. The van der Waals surface area contributed by atoms with E-state index >= 15 is 0 Å². The minimum atomic E-state index is -0.921. The number of carbonyl (C=O) groups is 4.